The van der Waals surface area contributed by atoms with Gasteiger partial charge in [-0.15, -0.1) is 0 Å². The highest BCUT2D eigenvalue weighted by Crippen LogP contribution is 2.51. The van der Waals surface area contributed by atoms with Crippen molar-refractivity contribution < 1.29 is 13.9 Å². The third-order valence-electron chi connectivity index (χ3n) is 6.41. The molecule has 6 nitrogen and oxygen atoms in total. The van der Waals surface area contributed by atoms with Crippen LogP contribution in [0.5, 0.6) is 5.75 Å². The number of hydrogen-bond acceptors (Lipinski definition) is 6. The number of pyridine rings is 1. The van der Waals surface area contributed by atoms with Crippen molar-refractivity contribution >= 4 is 6.02 Å². The molecule has 3 aliphatic rings. The van der Waals surface area contributed by atoms with E-state index in [9.17, 15) is 4.39 Å². The van der Waals surface area contributed by atoms with Crippen molar-refractivity contribution in [1.29, 1.82) is 0 Å². The molecule has 1 saturated heterocycles. The highest BCUT2D eigenvalue weighted by Gasteiger charge is 2.55. The van der Waals surface area contributed by atoms with Gasteiger partial charge in [-0.3, -0.25) is 0 Å². The predicted molar refractivity (Wildman–Crippen MR) is 113 cm³/mol. The number of nitrogens with zero attached hydrogens (tertiary/aromatic N) is 3. The quantitative estimate of drug-likeness (QED) is 0.787. The van der Waals surface area contributed by atoms with E-state index in [1.165, 1.54) is 6.20 Å². The summed E-state index contributed by atoms with van der Waals surface area (Å²) in [5.41, 5.74) is 7.51. The zero-order valence-electron chi connectivity index (χ0n) is 17.3. The molecular weight excluding hydrogens is 383 g/mol. The second kappa shape index (κ2) is 7.23. The Balaban J connectivity index is 1.60. The molecule has 4 heterocycles. The molecule has 0 bridgehead atoms. The first-order valence-electron chi connectivity index (χ1n) is 10.6. The summed E-state index contributed by atoms with van der Waals surface area (Å²) in [4.78, 5) is 11.1. The molecule has 0 unspecified atom stereocenters. The van der Waals surface area contributed by atoms with Crippen molar-refractivity contribution in [3.05, 3.63) is 48.0 Å². The minimum absolute atomic E-state index is 0.0557. The van der Waals surface area contributed by atoms with Gasteiger partial charge < -0.3 is 20.1 Å². The minimum Gasteiger partial charge on any atom is -0.490 e. The number of rotatable bonds is 3. The summed E-state index contributed by atoms with van der Waals surface area (Å²) in [6, 6.07) is 9.44. The maximum absolute atomic E-state index is 14.4. The summed E-state index contributed by atoms with van der Waals surface area (Å²) in [5, 5.41) is 0. The van der Waals surface area contributed by atoms with E-state index in [2.05, 4.69) is 23.7 Å². The van der Waals surface area contributed by atoms with Crippen LogP contribution in [0.15, 0.2) is 41.5 Å². The van der Waals surface area contributed by atoms with Gasteiger partial charge in [-0.1, -0.05) is 19.9 Å². The van der Waals surface area contributed by atoms with E-state index in [4.69, 9.17) is 20.2 Å². The number of aliphatic imine (C=N–C) groups is 1. The first-order chi connectivity index (χ1) is 14.5. The Hall–Kier alpha value is -2.67. The largest absolute Gasteiger partial charge is 0.490 e. The van der Waals surface area contributed by atoms with Crippen molar-refractivity contribution in [1.82, 2.24) is 9.88 Å². The highest BCUT2D eigenvalue weighted by atomic mass is 19.1. The number of fused-ring (bicyclic) bond motifs is 4. The van der Waals surface area contributed by atoms with Crippen molar-refractivity contribution in [2.24, 2.45) is 22.6 Å². The number of piperidine rings is 1. The van der Waals surface area contributed by atoms with Crippen LogP contribution in [-0.2, 0) is 10.3 Å². The van der Waals surface area contributed by atoms with Gasteiger partial charge in [0.25, 0.3) is 6.02 Å². The fraction of sp³-hybridized carbons (Fsp3) is 0.478. The van der Waals surface area contributed by atoms with Crippen molar-refractivity contribution in [3.63, 3.8) is 0 Å². The van der Waals surface area contributed by atoms with E-state index < -0.39 is 11.5 Å². The lowest BCUT2D eigenvalue weighted by Crippen LogP contribution is -2.57. The average Bonchev–Trinajstić information content (AvgIpc) is 3.11. The number of hydrogen-bond donors (Lipinski definition) is 1. The van der Waals surface area contributed by atoms with Gasteiger partial charge in [0.2, 0.25) is 5.95 Å². The molecule has 0 amide bonds. The van der Waals surface area contributed by atoms with Gasteiger partial charge in [0.15, 0.2) is 0 Å². The van der Waals surface area contributed by atoms with E-state index in [1.807, 2.05) is 18.2 Å². The number of amidine groups is 1. The maximum Gasteiger partial charge on any atom is 0.283 e. The first kappa shape index (κ1) is 19.3. The summed E-state index contributed by atoms with van der Waals surface area (Å²) < 4.78 is 26.5. The zero-order chi connectivity index (χ0) is 20.9. The molecule has 2 aromatic rings. The Kier molecular flexibility index (Phi) is 4.65. The van der Waals surface area contributed by atoms with Crippen LogP contribution in [0.4, 0.5) is 4.39 Å². The monoisotopic (exact) mass is 410 g/mol. The molecule has 3 atom stereocenters. The Morgan fingerprint density at radius 1 is 1.33 bits per heavy atom. The van der Waals surface area contributed by atoms with Gasteiger partial charge in [-0.25, -0.2) is 9.98 Å². The van der Waals surface area contributed by atoms with E-state index in [1.54, 1.807) is 12.1 Å². The Morgan fingerprint density at radius 3 is 2.93 bits per heavy atom. The molecule has 158 valence electrons. The van der Waals surface area contributed by atoms with Gasteiger partial charge >= 0.3 is 0 Å². The number of nitrogens with two attached hydrogens (primary N) is 1. The molecule has 2 N–H and O–H groups in total. The highest BCUT2D eigenvalue weighted by molar-refractivity contribution is 5.75. The van der Waals surface area contributed by atoms with Crippen LogP contribution in [0, 0.1) is 17.8 Å². The lowest BCUT2D eigenvalue weighted by Gasteiger charge is -2.49. The second-order valence-electron chi connectivity index (χ2n) is 8.92. The second-order valence-corrected chi connectivity index (χ2v) is 8.92. The van der Waals surface area contributed by atoms with E-state index in [0.29, 0.717) is 18.1 Å². The molecule has 5 rings (SSSR count). The predicted octanol–water partition coefficient (Wildman–Crippen LogP) is 3.17. The fourth-order valence-corrected chi connectivity index (χ4v) is 5.16. The summed E-state index contributed by atoms with van der Waals surface area (Å²) >= 11 is 0. The summed E-state index contributed by atoms with van der Waals surface area (Å²) in [5.74, 6) is 0.992. The third-order valence-corrected chi connectivity index (χ3v) is 6.41. The Bertz CT molecular complexity index is 995. The zero-order valence-corrected chi connectivity index (χ0v) is 17.3. The van der Waals surface area contributed by atoms with Crippen LogP contribution in [0.25, 0.3) is 11.1 Å². The van der Waals surface area contributed by atoms with E-state index in [0.717, 1.165) is 42.9 Å². The molecule has 0 radical (unpaired) electrons. The molecule has 0 saturated carbocycles. The molecule has 30 heavy (non-hydrogen) atoms. The summed E-state index contributed by atoms with van der Waals surface area (Å²) in [6.07, 6.45) is 2.45. The van der Waals surface area contributed by atoms with Gasteiger partial charge in [-0.2, -0.15) is 4.39 Å². The smallest absolute Gasteiger partial charge is 0.283 e. The topological polar surface area (TPSA) is 73.0 Å². The lowest BCUT2D eigenvalue weighted by molar-refractivity contribution is -0.0259. The Morgan fingerprint density at radius 2 is 2.20 bits per heavy atom. The maximum atomic E-state index is 14.4. The number of halogens is 1. The van der Waals surface area contributed by atoms with E-state index >= 15 is 0 Å². The molecule has 1 aromatic heterocycles. The summed E-state index contributed by atoms with van der Waals surface area (Å²) in [6.45, 7) is 7.76. The molecule has 1 aromatic carbocycles. The van der Waals surface area contributed by atoms with Crippen LogP contribution in [-0.4, -0.2) is 48.3 Å². The average molecular weight is 410 g/mol. The van der Waals surface area contributed by atoms with Gasteiger partial charge in [0, 0.05) is 42.9 Å². The van der Waals surface area contributed by atoms with Crippen molar-refractivity contribution in [2.45, 2.75) is 31.9 Å². The molecular formula is C23H27FN4O2. The number of likely N-dealkylation sites (tertiary alicyclic amines) is 1. The lowest BCUT2D eigenvalue weighted by atomic mass is 9.71. The van der Waals surface area contributed by atoms with Crippen LogP contribution >= 0.6 is 0 Å². The molecule has 1 spiro atoms. The minimum atomic E-state index is -0.618. The van der Waals surface area contributed by atoms with Gasteiger partial charge in [0.1, 0.15) is 24.0 Å². The molecule has 0 aliphatic carbocycles. The molecule has 7 heteroatoms. The van der Waals surface area contributed by atoms with Crippen LogP contribution in [0.2, 0.25) is 0 Å². The first-order valence-corrected chi connectivity index (χ1v) is 10.6. The molecule has 1 fully saturated rings. The summed E-state index contributed by atoms with van der Waals surface area (Å²) in [7, 11) is 0. The van der Waals surface area contributed by atoms with Crippen molar-refractivity contribution in [2.75, 3.05) is 26.2 Å². The van der Waals surface area contributed by atoms with Crippen LogP contribution in [0.1, 0.15) is 25.8 Å². The Labute approximate surface area is 175 Å². The number of aromatic nitrogens is 1. The number of benzene rings is 1. The fourth-order valence-electron chi connectivity index (χ4n) is 5.16. The molecule has 3 aliphatic heterocycles. The van der Waals surface area contributed by atoms with E-state index in [-0.39, 0.29) is 18.0 Å². The van der Waals surface area contributed by atoms with Gasteiger partial charge in [0.05, 0.1) is 0 Å². The van der Waals surface area contributed by atoms with Crippen LogP contribution in [0.3, 0.4) is 0 Å². The number of ether oxygens (including phenoxy) is 2. The third kappa shape index (κ3) is 3.12. The SMILES string of the molecule is CC(C)CN1CC[C@@H]2Oc3ccc(-c4cccnc4F)cc3[C@@]3(COC(N)=N3)[C@H]2C1. The van der Waals surface area contributed by atoms with Crippen LogP contribution < -0.4 is 10.5 Å². The standard InChI is InChI=1S/C23H27FN4O2/c1-14(2)11-28-9-7-20-18(12-28)23(13-29-22(25)27-23)17-10-15(5-6-19(17)30-20)16-4-3-8-26-21(16)24/h3-6,8,10,14,18,20H,7,9,11-13H2,1-2H3,(H2,25,27)/t18-,20-,23-/m0/s1. The normalized spacial score (nSPS) is 27.9. The van der Waals surface area contributed by atoms with Crippen molar-refractivity contribution in [3.8, 4) is 16.9 Å². The van der Waals surface area contributed by atoms with Gasteiger partial charge in [-0.05, 0) is 42.2 Å².